The highest BCUT2D eigenvalue weighted by Gasteiger charge is 2.11. The molecule has 0 fully saturated rings. The zero-order chi connectivity index (χ0) is 16.1. The molecule has 2 aromatic carbocycles. The van der Waals surface area contributed by atoms with Crippen LogP contribution in [0.3, 0.4) is 0 Å². The second-order valence-corrected chi connectivity index (χ2v) is 5.16. The molecule has 0 saturated heterocycles. The highest BCUT2D eigenvalue weighted by molar-refractivity contribution is 5.85. The molecule has 3 rings (SSSR count). The number of benzene rings is 2. The average molecular weight is 313 g/mol. The maximum atomic E-state index is 10.0. The summed E-state index contributed by atoms with van der Waals surface area (Å²) in [5.74, 6) is 2.22. The standard InChI is InChI=1S/C18H19NO4/c1-2-7-21-15-5-3-13(16(20)11-15)12-19-14-4-6-17-18(10-14)23-9-8-22-17/h3-6,10-12,20H,2,7-9H2,1H3. The molecule has 1 N–H and O–H groups in total. The lowest BCUT2D eigenvalue weighted by atomic mass is 10.2. The summed E-state index contributed by atoms with van der Waals surface area (Å²) in [6.07, 6.45) is 2.54. The molecule has 1 heterocycles. The summed E-state index contributed by atoms with van der Waals surface area (Å²) in [5.41, 5.74) is 1.36. The van der Waals surface area contributed by atoms with E-state index in [1.165, 1.54) is 0 Å². The van der Waals surface area contributed by atoms with Gasteiger partial charge in [-0.15, -0.1) is 0 Å². The van der Waals surface area contributed by atoms with Crippen molar-refractivity contribution in [3.05, 3.63) is 42.0 Å². The molecule has 2 aromatic rings. The molecule has 5 nitrogen and oxygen atoms in total. The van der Waals surface area contributed by atoms with Crippen molar-refractivity contribution in [1.29, 1.82) is 0 Å². The van der Waals surface area contributed by atoms with E-state index in [9.17, 15) is 5.11 Å². The van der Waals surface area contributed by atoms with Crippen molar-refractivity contribution in [1.82, 2.24) is 0 Å². The van der Waals surface area contributed by atoms with Crippen molar-refractivity contribution < 1.29 is 19.3 Å². The third kappa shape index (κ3) is 3.74. The average Bonchev–Trinajstić information content (AvgIpc) is 2.59. The van der Waals surface area contributed by atoms with Crippen LogP contribution >= 0.6 is 0 Å². The molecule has 0 amide bonds. The second-order valence-electron chi connectivity index (χ2n) is 5.16. The van der Waals surface area contributed by atoms with Crippen LogP contribution in [0.25, 0.3) is 0 Å². The summed E-state index contributed by atoms with van der Waals surface area (Å²) in [6, 6.07) is 10.7. The number of rotatable bonds is 5. The largest absolute Gasteiger partial charge is 0.507 e. The third-order valence-electron chi connectivity index (χ3n) is 3.35. The molecule has 0 aromatic heterocycles. The Morgan fingerprint density at radius 3 is 2.74 bits per heavy atom. The molecule has 1 aliphatic rings. The number of fused-ring (bicyclic) bond motifs is 1. The SMILES string of the molecule is CCCOc1ccc(C=Nc2ccc3c(c2)OCCO3)c(O)c1. The minimum absolute atomic E-state index is 0.139. The summed E-state index contributed by atoms with van der Waals surface area (Å²) in [4.78, 5) is 4.38. The minimum Gasteiger partial charge on any atom is -0.507 e. The van der Waals surface area contributed by atoms with Crippen LogP contribution < -0.4 is 14.2 Å². The number of aliphatic imine (C=N–C) groups is 1. The van der Waals surface area contributed by atoms with E-state index in [1.54, 1.807) is 18.3 Å². The Balaban J connectivity index is 1.74. The number of ether oxygens (including phenoxy) is 3. The lowest BCUT2D eigenvalue weighted by Gasteiger charge is -2.18. The Morgan fingerprint density at radius 2 is 1.96 bits per heavy atom. The second kappa shape index (κ2) is 7.05. The number of hydrogen-bond donors (Lipinski definition) is 1. The van der Waals surface area contributed by atoms with Gasteiger partial charge in [0, 0.05) is 23.9 Å². The molecule has 0 bridgehead atoms. The van der Waals surface area contributed by atoms with Crippen LogP contribution in [0.4, 0.5) is 5.69 Å². The number of phenols is 1. The van der Waals surface area contributed by atoms with Crippen LogP contribution in [0.2, 0.25) is 0 Å². The first-order valence-corrected chi connectivity index (χ1v) is 7.66. The molecule has 0 radical (unpaired) electrons. The fraction of sp³-hybridized carbons (Fsp3) is 0.278. The molecular weight excluding hydrogens is 294 g/mol. The maximum Gasteiger partial charge on any atom is 0.163 e. The summed E-state index contributed by atoms with van der Waals surface area (Å²) in [6.45, 7) is 3.77. The summed E-state index contributed by atoms with van der Waals surface area (Å²) >= 11 is 0. The van der Waals surface area contributed by atoms with Gasteiger partial charge in [0.1, 0.15) is 24.7 Å². The highest BCUT2D eigenvalue weighted by atomic mass is 16.6. The maximum absolute atomic E-state index is 10.0. The van der Waals surface area contributed by atoms with Crippen molar-refractivity contribution in [3.63, 3.8) is 0 Å². The molecular formula is C18H19NO4. The predicted molar refractivity (Wildman–Crippen MR) is 88.6 cm³/mol. The Morgan fingerprint density at radius 1 is 1.13 bits per heavy atom. The van der Waals surface area contributed by atoms with Gasteiger partial charge in [-0.05, 0) is 30.7 Å². The number of phenolic OH excluding ortho intramolecular Hbond substituents is 1. The van der Waals surface area contributed by atoms with Crippen molar-refractivity contribution >= 4 is 11.9 Å². The topological polar surface area (TPSA) is 60.3 Å². The van der Waals surface area contributed by atoms with Gasteiger partial charge < -0.3 is 19.3 Å². The van der Waals surface area contributed by atoms with Gasteiger partial charge in [-0.25, -0.2) is 0 Å². The van der Waals surface area contributed by atoms with E-state index < -0.39 is 0 Å². The zero-order valence-corrected chi connectivity index (χ0v) is 13.0. The zero-order valence-electron chi connectivity index (χ0n) is 13.0. The monoisotopic (exact) mass is 313 g/mol. The Labute approximate surface area is 135 Å². The van der Waals surface area contributed by atoms with Gasteiger partial charge in [0.05, 0.1) is 12.3 Å². The quantitative estimate of drug-likeness (QED) is 0.855. The van der Waals surface area contributed by atoms with Crippen molar-refractivity contribution in [3.8, 4) is 23.0 Å². The number of hydrogen-bond acceptors (Lipinski definition) is 5. The van der Waals surface area contributed by atoms with Crippen molar-refractivity contribution in [2.75, 3.05) is 19.8 Å². The van der Waals surface area contributed by atoms with Gasteiger partial charge in [0.2, 0.25) is 0 Å². The molecule has 0 atom stereocenters. The van der Waals surface area contributed by atoms with E-state index in [0.29, 0.717) is 36.9 Å². The highest BCUT2D eigenvalue weighted by Crippen LogP contribution is 2.33. The van der Waals surface area contributed by atoms with Gasteiger partial charge >= 0.3 is 0 Å². The smallest absolute Gasteiger partial charge is 0.163 e. The van der Waals surface area contributed by atoms with Crippen LogP contribution in [0.15, 0.2) is 41.4 Å². The van der Waals surface area contributed by atoms with Gasteiger partial charge in [0.25, 0.3) is 0 Å². The fourth-order valence-electron chi connectivity index (χ4n) is 2.20. The van der Waals surface area contributed by atoms with Crippen molar-refractivity contribution in [2.45, 2.75) is 13.3 Å². The fourth-order valence-corrected chi connectivity index (χ4v) is 2.20. The Hall–Kier alpha value is -2.69. The van der Waals surface area contributed by atoms with E-state index >= 15 is 0 Å². The molecule has 5 heteroatoms. The lowest BCUT2D eigenvalue weighted by molar-refractivity contribution is 0.171. The van der Waals surface area contributed by atoms with E-state index in [0.717, 1.165) is 17.9 Å². The predicted octanol–water partition coefficient (Wildman–Crippen LogP) is 3.70. The number of nitrogens with zero attached hydrogens (tertiary/aromatic N) is 1. The molecule has 0 aliphatic carbocycles. The first-order chi connectivity index (χ1) is 11.3. The van der Waals surface area contributed by atoms with Gasteiger partial charge in [-0.1, -0.05) is 6.92 Å². The van der Waals surface area contributed by atoms with E-state index in [1.807, 2.05) is 31.2 Å². The lowest BCUT2D eigenvalue weighted by Crippen LogP contribution is -2.14. The van der Waals surface area contributed by atoms with Crippen molar-refractivity contribution in [2.24, 2.45) is 4.99 Å². The molecule has 120 valence electrons. The molecule has 0 unspecified atom stereocenters. The molecule has 1 aliphatic heterocycles. The summed E-state index contributed by atoms with van der Waals surface area (Å²) < 4.78 is 16.5. The van der Waals surface area contributed by atoms with E-state index in [-0.39, 0.29) is 5.75 Å². The van der Waals surface area contributed by atoms with Crippen LogP contribution in [0.5, 0.6) is 23.0 Å². The van der Waals surface area contributed by atoms with E-state index in [4.69, 9.17) is 14.2 Å². The summed E-state index contributed by atoms with van der Waals surface area (Å²) in [5, 5.41) is 10.0. The number of aromatic hydroxyl groups is 1. The molecule has 0 spiro atoms. The van der Waals surface area contributed by atoms with Gasteiger partial charge in [0.15, 0.2) is 11.5 Å². The van der Waals surface area contributed by atoms with Crippen LogP contribution in [0, 0.1) is 0 Å². The first-order valence-electron chi connectivity index (χ1n) is 7.66. The van der Waals surface area contributed by atoms with E-state index in [2.05, 4.69) is 4.99 Å². The molecule has 23 heavy (non-hydrogen) atoms. The summed E-state index contributed by atoms with van der Waals surface area (Å²) in [7, 11) is 0. The van der Waals surface area contributed by atoms with Crippen LogP contribution in [0.1, 0.15) is 18.9 Å². The van der Waals surface area contributed by atoms with Gasteiger partial charge in [-0.3, -0.25) is 4.99 Å². The van der Waals surface area contributed by atoms with Gasteiger partial charge in [-0.2, -0.15) is 0 Å². The normalized spacial score (nSPS) is 13.3. The minimum atomic E-state index is 0.139. The van der Waals surface area contributed by atoms with Crippen LogP contribution in [-0.4, -0.2) is 31.1 Å². The molecule has 0 saturated carbocycles. The first kappa shape index (κ1) is 15.2. The van der Waals surface area contributed by atoms with Crippen LogP contribution in [-0.2, 0) is 0 Å². The Kier molecular flexibility index (Phi) is 4.66. The Bertz CT molecular complexity index is 712. The third-order valence-corrected chi connectivity index (χ3v) is 3.35.